The van der Waals surface area contributed by atoms with E-state index < -0.39 is 0 Å². The predicted molar refractivity (Wildman–Crippen MR) is 102 cm³/mol. The molecule has 0 radical (unpaired) electrons. The Morgan fingerprint density at radius 2 is 1.83 bits per heavy atom. The fraction of sp³-hybridized carbons (Fsp3) is 0.238. The standard InChI is InChI=1S/C19H18N2O.C2H6/c1-4-13-6-8-14(9-7-13)18-19(22-3)15(5-2)16-12-20-11-10-17(16)21-18;1-2/h5-12H,2,4H2,1,3H3;1-2H3. The van der Waals surface area contributed by atoms with Gasteiger partial charge < -0.3 is 4.74 Å². The lowest BCUT2D eigenvalue weighted by molar-refractivity contribution is 0.414. The summed E-state index contributed by atoms with van der Waals surface area (Å²) in [5, 5.41) is 0.947. The van der Waals surface area contributed by atoms with E-state index in [-0.39, 0.29) is 0 Å². The van der Waals surface area contributed by atoms with E-state index in [0.717, 1.165) is 39.9 Å². The molecule has 0 fully saturated rings. The van der Waals surface area contributed by atoms with Gasteiger partial charge in [0.25, 0.3) is 0 Å². The van der Waals surface area contributed by atoms with Crippen molar-refractivity contribution < 1.29 is 4.74 Å². The lowest BCUT2D eigenvalue weighted by Gasteiger charge is -2.14. The average Bonchev–Trinajstić information content (AvgIpc) is 2.68. The van der Waals surface area contributed by atoms with Gasteiger partial charge in [-0.3, -0.25) is 4.98 Å². The van der Waals surface area contributed by atoms with Crippen LogP contribution in [0.2, 0.25) is 0 Å². The Balaban J connectivity index is 0.00000100. The fourth-order valence-electron chi connectivity index (χ4n) is 2.62. The van der Waals surface area contributed by atoms with Crippen LogP contribution in [0, 0.1) is 0 Å². The van der Waals surface area contributed by atoms with Gasteiger partial charge in [-0.2, -0.15) is 0 Å². The molecule has 3 heteroatoms. The van der Waals surface area contributed by atoms with Crippen molar-refractivity contribution in [3.05, 3.63) is 60.4 Å². The van der Waals surface area contributed by atoms with Gasteiger partial charge in [0, 0.05) is 28.9 Å². The van der Waals surface area contributed by atoms with Gasteiger partial charge in [0.15, 0.2) is 5.75 Å². The molecule has 0 aliphatic heterocycles. The van der Waals surface area contributed by atoms with Crippen molar-refractivity contribution in [3.63, 3.8) is 0 Å². The molecule has 24 heavy (non-hydrogen) atoms. The maximum absolute atomic E-state index is 5.62. The number of fused-ring (bicyclic) bond motifs is 1. The van der Waals surface area contributed by atoms with Crippen LogP contribution in [-0.2, 0) is 6.42 Å². The molecular formula is C21H24N2O. The molecule has 0 atom stereocenters. The zero-order valence-corrected chi connectivity index (χ0v) is 14.8. The molecule has 0 saturated heterocycles. The first-order chi connectivity index (χ1) is 11.8. The molecule has 2 heterocycles. The summed E-state index contributed by atoms with van der Waals surface area (Å²) < 4.78 is 5.62. The Morgan fingerprint density at radius 3 is 2.42 bits per heavy atom. The predicted octanol–water partition coefficient (Wildman–Crippen LogP) is 5.54. The van der Waals surface area contributed by atoms with Crippen LogP contribution in [0.4, 0.5) is 0 Å². The molecule has 0 amide bonds. The van der Waals surface area contributed by atoms with E-state index in [1.807, 2.05) is 19.9 Å². The summed E-state index contributed by atoms with van der Waals surface area (Å²) in [7, 11) is 1.66. The molecule has 0 aliphatic carbocycles. The average molecular weight is 320 g/mol. The normalized spacial score (nSPS) is 10.0. The number of ether oxygens (including phenoxy) is 1. The lowest BCUT2D eigenvalue weighted by atomic mass is 10.0. The van der Waals surface area contributed by atoms with Crippen LogP contribution in [0.5, 0.6) is 5.75 Å². The van der Waals surface area contributed by atoms with Crippen LogP contribution < -0.4 is 4.74 Å². The smallest absolute Gasteiger partial charge is 0.153 e. The molecule has 0 aliphatic rings. The van der Waals surface area contributed by atoms with Crippen LogP contribution in [0.3, 0.4) is 0 Å². The van der Waals surface area contributed by atoms with Gasteiger partial charge in [0.05, 0.1) is 12.6 Å². The molecule has 0 unspecified atom stereocenters. The van der Waals surface area contributed by atoms with Gasteiger partial charge in [0.1, 0.15) is 5.69 Å². The zero-order valence-electron chi connectivity index (χ0n) is 14.8. The Kier molecular flexibility index (Phi) is 6.07. The Hall–Kier alpha value is -2.68. The molecular weight excluding hydrogens is 296 g/mol. The molecule has 1 aromatic carbocycles. The lowest BCUT2D eigenvalue weighted by Crippen LogP contribution is -1.97. The number of aryl methyl sites for hydroxylation is 1. The van der Waals surface area contributed by atoms with E-state index in [1.165, 1.54) is 5.56 Å². The van der Waals surface area contributed by atoms with Gasteiger partial charge in [-0.1, -0.05) is 57.7 Å². The first-order valence-electron chi connectivity index (χ1n) is 8.32. The minimum Gasteiger partial charge on any atom is -0.494 e. The molecule has 0 spiro atoms. The van der Waals surface area contributed by atoms with Gasteiger partial charge in [0.2, 0.25) is 0 Å². The number of benzene rings is 1. The highest BCUT2D eigenvalue weighted by molar-refractivity contribution is 5.93. The monoisotopic (exact) mass is 320 g/mol. The number of rotatable bonds is 4. The van der Waals surface area contributed by atoms with Gasteiger partial charge in [-0.05, 0) is 18.1 Å². The first kappa shape index (κ1) is 17.7. The Bertz CT molecular complexity index is 823. The third-order valence-electron chi connectivity index (χ3n) is 3.82. The second-order valence-electron chi connectivity index (χ2n) is 5.05. The first-order valence-corrected chi connectivity index (χ1v) is 8.32. The summed E-state index contributed by atoms with van der Waals surface area (Å²) in [5.74, 6) is 0.736. The van der Waals surface area contributed by atoms with E-state index in [2.05, 4.69) is 42.8 Å². The maximum atomic E-state index is 5.62. The van der Waals surface area contributed by atoms with Crippen molar-refractivity contribution in [1.82, 2.24) is 9.97 Å². The van der Waals surface area contributed by atoms with Crippen LogP contribution >= 0.6 is 0 Å². The van der Waals surface area contributed by atoms with Crippen LogP contribution in [0.15, 0.2) is 49.3 Å². The number of aromatic nitrogens is 2. The highest BCUT2D eigenvalue weighted by atomic mass is 16.5. The van der Waals surface area contributed by atoms with E-state index in [0.29, 0.717) is 0 Å². The third-order valence-corrected chi connectivity index (χ3v) is 3.82. The highest BCUT2D eigenvalue weighted by Crippen LogP contribution is 2.36. The van der Waals surface area contributed by atoms with Crippen LogP contribution in [-0.4, -0.2) is 17.1 Å². The maximum Gasteiger partial charge on any atom is 0.153 e. The topological polar surface area (TPSA) is 35.0 Å². The molecule has 0 saturated carbocycles. The van der Waals surface area contributed by atoms with Crippen molar-refractivity contribution in [2.24, 2.45) is 0 Å². The van der Waals surface area contributed by atoms with E-state index in [4.69, 9.17) is 9.72 Å². The Labute approximate surface area is 144 Å². The highest BCUT2D eigenvalue weighted by Gasteiger charge is 2.15. The van der Waals surface area contributed by atoms with Crippen molar-refractivity contribution in [3.8, 4) is 17.0 Å². The number of pyridine rings is 2. The molecule has 3 nitrogen and oxygen atoms in total. The number of hydrogen-bond donors (Lipinski definition) is 0. The van der Waals surface area contributed by atoms with E-state index in [1.54, 1.807) is 25.6 Å². The van der Waals surface area contributed by atoms with Gasteiger partial charge in [-0.25, -0.2) is 4.98 Å². The largest absolute Gasteiger partial charge is 0.494 e. The fourth-order valence-corrected chi connectivity index (χ4v) is 2.62. The van der Waals surface area contributed by atoms with Crippen molar-refractivity contribution in [2.45, 2.75) is 27.2 Å². The van der Waals surface area contributed by atoms with Gasteiger partial charge in [-0.15, -0.1) is 0 Å². The minimum absolute atomic E-state index is 0.736. The summed E-state index contributed by atoms with van der Waals surface area (Å²) in [4.78, 5) is 8.95. The van der Waals surface area contributed by atoms with E-state index in [9.17, 15) is 0 Å². The summed E-state index contributed by atoms with van der Waals surface area (Å²) in [6.07, 6.45) is 6.37. The summed E-state index contributed by atoms with van der Waals surface area (Å²) in [6.45, 7) is 10.1. The quantitative estimate of drug-likeness (QED) is 0.633. The number of methoxy groups -OCH3 is 1. The summed E-state index contributed by atoms with van der Waals surface area (Å²) in [5.41, 5.74) is 4.99. The summed E-state index contributed by atoms with van der Waals surface area (Å²) >= 11 is 0. The SMILES string of the molecule is C=Cc1c(OC)c(-c2ccc(CC)cc2)nc2ccncc12.CC. The van der Waals surface area contributed by atoms with Gasteiger partial charge >= 0.3 is 0 Å². The second kappa shape index (κ2) is 8.25. The molecule has 2 aromatic heterocycles. The summed E-state index contributed by atoms with van der Waals surface area (Å²) in [6, 6.07) is 10.3. The molecule has 124 valence electrons. The Morgan fingerprint density at radius 1 is 1.12 bits per heavy atom. The molecule has 3 rings (SSSR count). The van der Waals surface area contributed by atoms with Crippen LogP contribution in [0.25, 0.3) is 28.2 Å². The van der Waals surface area contributed by atoms with E-state index >= 15 is 0 Å². The van der Waals surface area contributed by atoms with Crippen molar-refractivity contribution >= 4 is 17.0 Å². The second-order valence-corrected chi connectivity index (χ2v) is 5.05. The zero-order chi connectivity index (χ0) is 17.5. The number of hydrogen-bond acceptors (Lipinski definition) is 3. The molecule has 0 bridgehead atoms. The van der Waals surface area contributed by atoms with Crippen molar-refractivity contribution in [1.29, 1.82) is 0 Å². The van der Waals surface area contributed by atoms with Crippen LogP contribution in [0.1, 0.15) is 31.9 Å². The minimum atomic E-state index is 0.736. The van der Waals surface area contributed by atoms with Crippen molar-refractivity contribution in [2.75, 3.05) is 7.11 Å². The molecule has 0 N–H and O–H groups in total. The third kappa shape index (κ3) is 3.30. The molecule has 3 aromatic rings. The number of nitrogens with zero attached hydrogens (tertiary/aromatic N) is 2.